The van der Waals surface area contributed by atoms with Crippen molar-refractivity contribution in [2.24, 2.45) is 4.99 Å². The van der Waals surface area contributed by atoms with E-state index in [1.54, 1.807) is 36.4 Å². The minimum Gasteiger partial charge on any atom is -0.402 e. The number of ether oxygens (including phenoxy) is 1. The van der Waals surface area contributed by atoms with Crippen LogP contribution in [-0.4, -0.2) is 11.9 Å². The van der Waals surface area contributed by atoms with Gasteiger partial charge in [-0.3, -0.25) is 0 Å². The Kier molecular flexibility index (Phi) is 4.09. The minimum absolute atomic E-state index is 0.0435. The topological polar surface area (TPSA) is 38.7 Å². The fourth-order valence-corrected chi connectivity index (χ4v) is 2.40. The molecule has 2 aromatic rings. The Labute approximate surface area is 139 Å². The van der Waals surface area contributed by atoms with Crippen molar-refractivity contribution in [1.29, 1.82) is 0 Å². The lowest BCUT2D eigenvalue weighted by Crippen LogP contribution is -2.05. The Bertz CT molecular complexity index is 815. The summed E-state index contributed by atoms with van der Waals surface area (Å²) in [4.78, 5) is 16.0. The van der Waals surface area contributed by atoms with Crippen LogP contribution in [0.2, 0.25) is 5.02 Å². The highest BCUT2D eigenvalue weighted by molar-refractivity contribution is 9.10. The first-order valence-electron chi connectivity index (χ1n) is 6.26. The van der Waals surface area contributed by atoms with E-state index in [2.05, 4.69) is 20.9 Å². The quantitative estimate of drug-likeness (QED) is 0.565. The van der Waals surface area contributed by atoms with Crippen molar-refractivity contribution < 1.29 is 13.9 Å². The van der Waals surface area contributed by atoms with Crippen LogP contribution in [-0.2, 0) is 9.53 Å². The van der Waals surface area contributed by atoms with Gasteiger partial charge in [0.05, 0.1) is 0 Å². The second-order valence-corrected chi connectivity index (χ2v) is 5.86. The number of halogens is 3. The van der Waals surface area contributed by atoms with E-state index in [9.17, 15) is 9.18 Å². The van der Waals surface area contributed by atoms with Crippen LogP contribution in [0.4, 0.5) is 4.39 Å². The molecule has 1 aliphatic rings. The van der Waals surface area contributed by atoms with Crippen LogP contribution < -0.4 is 0 Å². The zero-order valence-corrected chi connectivity index (χ0v) is 13.4. The van der Waals surface area contributed by atoms with Crippen LogP contribution in [0, 0.1) is 5.82 Å². The van der Waals surface area contributed by atoms with E-state index < -0.39 is 11.8 Å². The molecule has 1 aliphatic heterocycles. The molecule has 0 bridgehead atoms. The number of benzene rings is 2. The number of carbonyl (C=O) groups excluding carboxylic acids is 1. The number of nitrogens with zero attached hydrogens (tertiary/aromatic N) is 1. The van der Waals surface area contributed by atoms with Gasteiger partial charge in [0.2, 0.25) is 5.90 Å². The molecule has 0 fully saturated rings. The van der Waals surface area contributed by atoms with Crippen LogP contribution in [0.15, 0.2) is 57.6 Å². The second kappa shape index (κ2) is 6.02. The molecule has 22 heavy (non-hydrogen) atoms. The molecule has 6 heteroatoms. The van der Waals surface area contributed by atoms with Gasteiger partial charge in [0.25, 0.3) is 0 Å². The first-order chi connectivity index (χ1) is 10.5. The summed E-state index contributed by atoms with van der Waals surface area (Å²) in [5.41, 5.74) is 0.917. The van der Waals surface area contributed by atoms with E-state index in [0.29, 0.717) is 15.1 Å². The third-order valence-electron chi connectivity index (χ3n) is 2.96. The number of rotatable bonds is 2. The van der Waals surface area contributed by atoms with Crippen LogP contribution in [0.1, 0.15) is 11.1 Å². The van der Waals surface area contributed by atoms with Crippen molar-refractivity contribution >= 4 is 45.5 Å². The van der Waals surface area contributed by atoms with Crippen molar-refractivity contribution in [3.63, 3.8) is 0 Å². The first kappa shape index (κ1) is 14.9. The summed E-state index contributed by atoms with van der Waals surface area (Å²) in [6.45, 7) is 0. The average molecular weight is 381 g/mol. The van der Waals surface area contributed by atoms with Crippen LogP contribution in [0.25, 0.3) is 6.08 Å². The highest BCUT2D eigenvalue weighted by Crippen LogP contribution is 2.23. The van der Waals surface area contributed by atoms with E-state index in [1.165, 1.54) is 12.1 Å². The van der Waals surface area contributed by atoms with Crippen molar-refractivity contribution in [2.75, 3.05) is 0 Å². The van der Waals surface area contributed by atoms with E-state index in [1.807, 2.05) is 0 Å². The maximum atomic E-state index is 13.7. The molecule has 0 spiro atoms. The van der Waals surface area contributed by atoms with Gasteiger partial charge in [-0.15, -0.1) is 0 Å². The summed E-state index contributed by atoms with van der Waals surface area (Å²) in [7, 11) is 0. The van der Waals surface area contributed by atoms with E-state index >= 15 is 0 Å². The van der Waals surface area contributed by atoms with E-state index in [4.69, 9.17) is 16.3 Å². The number of carbonyl (C=O) groups is 1. The molecule has 3 rings (SSSR count). The monoisotopic (exact) mass is 379 g/mol. The predicted molar refractivity (Wildman–Crippen MR) is 86.2 cm³/mol. The number of cyclic esters (lactones) is 1. The molecule has 0 atom stereocenters. The standard InChI is InChI=1S/C16H8BrClFNO2/c17-11-3-6-13(19)10(7-11)8-14-16(21)22-15(20-14)9-1-4-12(18)5-2-9/h1-8H/b14-8-. The van der Waals surface area contributed by atoms with Crippen LogP contribution >= 0.6 is 27.5 Å². The Hall–Kier alpha value is -1.98. The Morgan fingerprint density at radius 3 is 2.64 bits per heavy atom. The highest BCUT2D eigenvalue weighted by atomic mass is 79.9. The predicted octanol–water partition coefficient (Wildman–Crippen LogP) is 4.59. The molecule has 1 heterocycles. The van der Waals surface area contributed by atoms with Crippen molar-refractivity contribution in [2.45, 2.75) is 0 Å². The summed E-state index contributed by atoms with van der Waals surface area (Å²) in [6.07, 6.45) is 1.35. The Morgan fingerprint density at radius 1 is 1.18 bits per heavy atom. The van der Waals surface area contributed by atoms with Crippen LogP contribution in [0.3, 0.4) is 0 Å². The maximum Gasteiger partial charge on any atom is 0.363 e. The van der Waals surface area contributed by atoms with Crippen molar-refractivity contribution in [3.05, 3.63) is 74.6 Å². The molecule has 110 valence electrons. The molecule has 2 aromatic carbocycles. The lowest BCUT2D eigenvalue weighted by molar-refractivity contribution is -0.129. The third kappa shape index (κ3) is 3.10. The molecule has 0 unspecified atom stereocenters. The SMILES string of the molecule is O=C1OC(c2ccc(Cl)cc2)=N/C1=C\c1cc(Br)ccc1F. The van der Waals surface area contributed by atoms with Crippen molar-refractivity contribution in [3.8, 4) is 0 Å². The molecule has 0 N–H and O–H groups in total. The average Bonchev–Trinajstić information content (AvgIpc) is 2.85. The minimum atomic E-state index is -0.621. The number of hydrogen-bond donors (Lipinski definition) is 0. The highest BCUT2D eigenvalue weighted by Gasteiger charge is 2.24. The molecule has 0 amide bonds. The first-order valence-corrected chi connectivity index (χ1v) is 7.43. The normalized spacial score (nSPS) is 15.9. The van der Waals surface area contributed by atoms with E-state index in [0.717, 1.165) is 0 Å². The fraction of sp³-hybridized carbons (Fsp3) is 0. The zero-order chi connectivity index (χ0) is 15.7. The summed E-state index contributed by atoms with van der Waals surface area (Å²) in [6, 6.07) is 11.2. The third-order valence-corrected chi connectivity index (χ3v) is 3.71. The molecule has 0 saturated carbocycles. The lowest BCUT2D eigenvalue weighted by atomic mass is 10.2. The number of aliphatic imine (C=N–C) groups is 1. The molecular weight excluding hydrogens is 373 g/mol. The van der Waals surface area contributed by atoms with Gasteiger partial charge in [0.15, 0.2) is 5.70 Å². The molecule has 0 radical (unpaired) electrons. The largest absolute Gasteiger partial charge is 0.402 e. The van der Waals surface area contributed by atoms with Gasteiger partial charge in [0.1, 0.15) is 5.82 Å². The van der Waals surface area contributed by atoms with Gasteiger partial charge < -0.3 is 4.74 Å². The maximum absolute atomic E-state index is 13.7. The van der Waals surface area contributed by atoms with Gasteiger partial charge in [-0.2, -0.15) is 0 Å². The summed E-state index contributed by atoms with van der Waals surface area (Å²) in [5.74, 6) is -0.897. The van der Waals surface area contributed by atoms with Crippen LogP contribution in [0.5, 0.6) is 0 Å². The smallest absolute Gasteiger partial charge is 0.363 e. The van der Waals surface area contributed by atoms with Gasteiger partial charge in [-0.05, 0) is 48.5 Å². The van der Waals surface area contributed by atoms with Crippen molar-refractivity contribution in [1.82, 2.24) is 0 Å². The van der Waals surface area contributed by atoms with Gasteiger partial charge in [-0.25, -0.2) is 14.2 Å². The van der Waals surface area contributed by atoms with Gasteiger partial charge in [-0.1, -0.05) is 27.5 Å². The molecule has 0 aliphatic carbocycles. The summed E-state index contributed by atoms with van der Waals surface area (Å²) in [5, 5.41) is 0.570. The molecule has 0 aromatic heterocycles. The van der Waals surface area contributed by atoms with Gasteiger partial charge in [0, 0.05) is 20.6 Å². The fourth-order valence-electron chi connectivity index (χ4n) is 1.90. The molecule has 0 saturated heterocycles. The zero-order valence-electron chi connectivity index (χ0n) is 11.0. The second-order valence-electron chi connectivity index (χ2n) is 4.51. The number of esters is 1. The Morgan fingerprint density at radius 2 is 1.91 bits per heavy atom. The molecule has 3 nitrogen and oxygen atoms in total. The summed E-state index contributed by atoms with van der Waals surface area (Å²) < 4.78 is 19.5. The molecular formula is C16H8BrClFNO2. The van der Waals surface area contributed by atoms with Gasteiger partial charge >= 0.3 is 5.97 Å². The lowest BCUT2D eigenvalue weighted by Gasteiger charge is -1.98. The number of hydrogen-bond acceptors (Lipinski definition) is 3. The summed E-state index contributed by atoms with van der Waals surface area (Å²) >= 11 is 9.07. The Balaban J connectivity index is 1.97. The van der Waals surface area contributed by atoms with E-state index in [-0.39, 0.29) is 17.2 Å².